The van der Waals surface area contributed by atoms with Crippen LogP contribution in [0.4, 0.5) is 0 Å². The van der Waals surface area contributed by atoms with Crippen LogP contribution in [-0.4, -0.2) is 28.5 Å². The Morgan fingerprint density at radius 2 is 1.73 bits per heavy atom. The average Bonchev–Trinajstić information content (AvgIpc) is 3.35. The van der Waals surface area contributed by atoms with Crippen molar-refractivity contribution in [3.8, 4) is 5.75 Å². The molecule has 0 spiro atoms. The Balaban J connectivity index is 1.52. The van der Waals surface area contributed by atoms with E-state index in [9.17, 15) is 9.59 Å². The topological polar surface area (TPSA) is 63.9 Å². The summed E-state index contributed by atoms with van der Waals surface area (Å²) in [5.41, 5.74) is 3.50. The van der Waals surface area contributed by atoms with Crippen LogP contribution < -0.4 is 19.6 Å². The molecule has 0 aliphatic carbocycles. The van der Waals surface area contributed by atoms with Crippen LogP contribution in [0.25, 0.3) is 16.8 Å². The standard InChI is InChI=1S/C36H31BrClN3O3S/c1-4-40(5-2)35(43)32-22(3)39-36-41(33(32)25-12-17-27(38)18-13-25)34(42)31(45-36)20-29-28-9-7-6-8-24(28)14-19-30(29)44-21-23-10-15-26(37)16-11-23/h6-20,33H,4-5,21H2,1-3H3/b31-20+/t33-/m0/s1. The lowest BCUT2D eigenvalue weighted by Gasteiger charge is -2.29. The summed E-state index contributed by atoms with van der Waals surface area (Å²) in [5.74, 6) is 0.540. The van der Waals surface area contributed by atoms with Gasteiger partial charge in [0.1, 0.15) is 12.4 Å². The Morgan fingerprint density at radius 1 is 1.02 bits per heavy atom. The molecule has 0 radical (unpaired) electrons. The van der Waals surface area contributed by atoms with Crippen LogP contribution in [0.2, 0.25) is 5.02 Å². The van der Waals surface area contributed by atoms with Gasteiger partial charge in [0.05, 0.1) is 21.8 Å². The minimum atomic E-state index is -0.644. The van der Waals surface area contributed by atoms with Crippen LogP contribution >= 0.6 is 38.9 Å². The lowest BCUT2D eigenvalue weighted by molar-refractivity contribution is -0.127. The number of thiazole rings is 1. The molecule has 0 saturated heterocycles. The average molecular weight is 701 g/mol. The van der Waals surface area contributed by atoms with Crippen LogP contribution in [-0.2, 0) is 11.4 Å². The van der Waals surface area contributed by atoms with Gasteiger partial charge in [-0.25, -0.2) is 4.99 Å². The van der Waals surface area contributed by atoms with Gasteiger partial charge < -0.3 is 9.64 Å². The van der Waals surface area contributed by atoms with Crippen molar-refractivity contribution in [2.24, 2.45) is 4.99 Å². The Kier molecular flexibility index (Phi) is 9.08. The second-order valence-corrected chi connectivity index (χ2v) is 13.1. The number of ether oxygens (including phenoxy) is 1. The van der Waals surface area contributed by atoms with E-state index in [0.29, 0.717) is 51.1 Å². The number of allylic oxidation sites excluding steroid dienone is 1. The normalized spacial score (nSPS) is 14.8. The first kappa shape index (κ1) is 31.0. The third-order valence-electron chi connectivity index (χ3n) is 8.00. The SMILES string of the molecule is CCN(CC)C(=O)C1=C(C)N=c2s/c(=C/c3c(OCc4ccc(Br)cc4)ccc4ccccc34)c(=O)n2[C@H]1c1ccc(Cl)cc1. The fraction of sp³-hybridized carbons (Fsp3) is 0.194. The van der Waals surface area contributed by atoms with E-state index in [0.717, 1.165) is 31.9 Å². The number of aromatic nitrogens is 1. The second kappa shape index (κ2) is 13.2. The minimum absolute atomic E-state index is 0.131. The fourth-order valence-electron chi connectivity index (χ4n) is 5.66. The minimum Gasteiger partial charge on any atom is -0.488 e. The number of fused-ring (bicyclic) bond motifs is 2. The molecule has 0 bridgehead atoms. The molecule has 1 amide bonds. The number of halogens is 2. The number of carbonyl (C=O) groups is 1. The molecule has 0 N–H and O–H groups in total. The van der Waals surface area contributed by atoms with Crippen LogP contribution in [0.3, 0.4) is 0 Å². The van der Waals surface area contributed by atoms with Gasteiger partial charge in [-0.15, -0.1) is 0 Å². The predicted molar refractivity (Wildman–Crippen MR) is 186 cm³/mol. The van der Waals surface area contributed by atoms with Gasteiger partial charge in [-0.05, 0) is 79.1 Å². The summed E-state index contributed by atoms with van der Waals surface area (Å²) < 4.78 is 9.51. The van der Waals surface area contributed by atoms with E-state index >= 15 is 0 Å². The van der Waals surface area contributed by atoms with Crippen molar-refractivity contribution in [1.29, 1.82) is 0 Å². The number of likely N-dealkylation sites (N-methyl/N-ethyl adjacent to an activating group) is 1. The van der Waals surface area contributed by atoms with Gasteiger partial charge in [-0.1, -0.05) is 93.5 Å². The molecule has 6 rings (SSSR count). The second-order valence-electron chi connectivity index (χ2n) is 10.7. The lowest BCUT2D eigenvalue weighted by atomic mass is 9.94. The van der Waals surface area contributed by atoms with Crippen molar-refractivity contribution in [3.63, 3.8) is 0 Å². The Labute approximate surface area is 278 Å². The molecular weight excluding hydrogens is 670 g/mol. The third-order valence-corrected chi connectivity index (χ3v) is 9.77. The third kappa shape index (κ3) is 6.15. The van der Waals surface area contributed by atoms with Crippen LogP contribution in [0.15, 0.2) is 110 Å². The van der Waals surface area contributed by atoms with Gasteiger partial charge in [0.15, 0.2) is 4.80 Å². The number of rotatable bonds is 8. The molecule has 45 heavy (non-hydrogen) atoms. The zero-order valence-corrected chi connectivity index (χ0v) is 28.2. The summed E-state index contributed by atoms with van der Waals surface area (Å²) >= 11 is 11.0. The van der Waals surface area contributed by atoms with E-state index in [2.05, 4.69) is 15.9 Å². The summed E-state index contributed by atoms with van der Waals surface area (Å²) in [6, 6.07) is 26.7. The van der Waals surface area contributed by atoms with Gasteiger partial charge in [0.25, 0.3) is 11.5 Å². The number of nitrogens with zero attached hydrogens (tertiary/aromatic N) is 3. The van der Waals surface area contributed by atoms with E-state index in [1.807, 2.05) is 99.6 Å². The van der Waals surface area contributed by atoms with Crippen molar-refractivity contribution in [2.75, 3.05) is 13.1 Å². The smallest absolute Gasteiger partial charge is 0.271 e. The Morgan fingerprint density at radius 3 is 2.44 bits per heavy atom. The highest BCUT2D eigenvalue weighted by molar-refractivity contribution is 9.10. The first-order valence-corrected chi connectivity index (χ1v) is 16.7. The van der Waals surface area contributed by atoms with Gasteiger partial charge in [-0.3, -0.25) is 14.2 Å². The van der Waals surface area contributed by atoms with E-state index in [1.54, 1.807) is 21.6 Å². The molecule has 0 fully saturated rings. The molecule has 1 aliphatic heterocycles. The number of benzene rings is 4. The summed E-state index contributed by atoms with van der Waals surface area (Å²) in [6.45, 7) is 7.21. The van der Waals surface area contributed by atoms with Gasteiger partial charge in [0.2, 0.25) is 0 Å². The molecule has 9 heteroatoms. The van der Waals surface area contributed by atoms with Crippen molar-refractivity contribution in [3.05, 3.63) is 142 Å². The van der Waals surface area contributed by atoms with Gasteiger partial charge >= 0.3 is 0 Å². The molecular formula is C36H31BrClN3O3S. The van der Waals surface area contributed by atoms with Crippen LogP contribution in [0.1, 0.15) is 43.5 Å². The number of amides is 1. The maximum atomic E-state index is 14.4. The summed E-state index contributed by atoms with van der Waals surface area (Å²) in [7, 11) is 0. The van der Waals surface area contributed by atoms with E-state index in [1.165, 1.54) is 11.3 Å². The van der Waals surface area contributed by atoms with Gasteiger partial charge in [0, 0.05) is 28.1 Å². The predicted octanol–water partition coefficient (Wildman–Crippen LogP) is 7.25. The number of carbonyl (C=O) groups excluding carboxylic acids is 1. The Hall–Kier alpha value is -3.98. The van der Waals surface area contributed by atoms with Crippen molar-refractivity contribution >= 4 is 61.6 Å². The molecule has 5 aromatic rings. The quantitative estimate of drug-likeness (QED) is 0.171. The highest BCUT2D eigenvalue weighted by atomic mass is 79.9. The van der Waals surface area contributed by atoms with Crippen LogP contribution in [0.5, 0.6) is 5.75 Å². The first-order chi connectivity index (χ1) is 21.8. The molecule has 0 unspecified atom stereocenters. The summed E-state index contributed by atoms with van der Waals surface area (Å²) in [5, 5.41) is 2.59. The monoisotopic (exact) mass is 699 g/mol. The van der Waals surface area contributed by atoms with E-state index in [4.69, 9.17) is 21.3 Å². The molecule has 0 saturated carbocycles. The fourth-order valence-corrected chi connectivity index (χ4v) is 7.08. The number of hydrogen-bond acceptors (Lipinski definition) is 5. The summed E-state index contributed by atoms with van der Waals surface area (Å²) in [6.07, 6.45) is 1.90. The Bertz CT molecular complexity index is 2110. The zero-order valence-electron chi connectivity index (χ0n) is 25.1. The maximum Gasteiger partial charge on any atom is 0.271 e. The molecule has 1 atom stereocenters. The summed E-state index contributed by atoms with van der Waals surface area (Å²) in [4.78, 5) is 35.4. The van der Waals surface area contributed by atoms with Crippen molar-refractivity contribution in [2.45, 2.75) is 33.4 Å². The first-order valence-electron chi connectivity index (χ1n) is 14.7. The van der Waals surface area contributed by atoms with Crippen LogP contribution in [0, 0.1) is 0 Å². The van der Waals surface area contributed by atoms with Crippen molar-refractivity contribution in [1.82, 2.24) is 9.47 Å². The number of hydrogen-bond donors (Lipinski definition) is 0. The molecule has 4 aromatic carbocycles. The van der Waals surface area contributed by atoms with Gasteiger partial charge in [-0.2, -0.15) is 0 Å². The van der Waals surface area contributed by atoms with Crippen molar-refractivity contribution < 1.29 is 9.53 Å². The van der Waals surface area contributed by atoms with E-state index in [-0.39, 0.29) is 11.5 Å². The molecule has 1 aromatic heterocycles. The molecule has 6 nitrogen and oxygen atoms in total. The molecule has 2 heterocycles. The highest BCUT2D eigenvalue weighted by Gasteiger charge is 2.34. The molecule has 1 aliphatic rings. The highest BCUT2D eigenvalue weighted by Crippen LogP contribution is 2.33. The molecule has 228 valence electrons. The maximum absolute atomic E-state index is 14.4. The van der Waals surface area contributed by atoms with E-state index < -0.39 is 6.04 Å². The largest absolute Gasteiger partial charge is 0.488 e. The lowest BCUT2D eigenvalue weighted by Crippen LogP contribution is -2.43. The zero-order chi connectivity index (χ0) is 31.7.